The third-order valence-corrected chi connectivity index (χ3v) is 4.01. The molecule has 0 fully saturated rings. The number of rotatable bonds is 4. The van der Waals surface area contributed by atoms with E-state index in [1.807, 2.05) is 12.1 Å². The molecule has 0 amide bonds. The SMILES string of the molecule is COc1cccc(CCn2c(=S)[nH]c3cc(C)ccc32)c1. The van der Waals surface area contributed by atoms with Crippen LogP contribution in [0.1, 0.15) is 11.1 Å². The summed E-state index contributed by atoms with van der Waals surface area (Å²) in [5.41, 5.74) is 4.75. The second-order valence-corrected chi connectivity index (χ2v) is 5.59. The van der Waals surface area contributed by atoms with Gasteiger partial charge in [-0.3, -0.25) is 0 Å². The Balaban J connectivity index is 1.88. The van der Waals surface area contributed by atoms with Crippen molar-refractivity contribution >= 4 is 23.3 Å². The first kappa shape index (κ1) is 13.9. The fourth-order valence-corrected chi connectivity index (χ4v) is 2.87. The van der Waals surface area contributed by atoms with E-state index in [0.29, 0.717) is 0 Å². The van der Waals surface area contributed by atoms with Gasteiger partial charge < -0.3 is 14.3 Å². The fourth-order valence-electron chi connectivity index (χ4n) is 2.57. The lowest BCUT2D eigenvalue weighted by Crippen LogP contribution is -2.01. The van der Waals surface area contributed by atoms with Crippen molar-refractivity contribution in [3.8, 4) is 5.75 Å². The molecule has 0 saturated carbocycles. The van der Waals surface area contributed by atoms with Crippen LogP contribution in [0.2, 0.25) is 0 Å². The fraction of sp³-hybridized carbons (Fsp3) is 0.235. The minimum absolute atomic E-state index is 0.776. The van der Waals surface area contributed by atoms with Gasteiger partial charge in [-0.15, -0.1) is 0 Å². The molecule has 0 radical (unpaired) electrons. The van der Waals surface area contributed by atoms with Gasteiger partial charge in [-0.2, -0.15) is 0 Å². The van der Waals surface area contributed by atoms with Gasteiger partial charge in [0.05, 0.1) is 18.1 Å². The van der Waals surface area contributed by atoms with Gasteiger partial charge in [0.15, 0.2) is 4.77 Å². The van der Waals surface area contributed by atoms with E-state index in [-0.39, 0.29) is 0 Å². The van der Waals surface area contributed by atoms with Crippen LogP contribution in [0.4, 0.5) is 0 Å². The van der Waals surface area contributed by atoms with E-state index in [1.54, 1.807) is 7.11 Å². The molecule has 4 heteroatoms. The highest BCUT2D eigenvalue weighted by Gasteiger charge is 2.05. The molecule has 0 aliphatic carbocycles. The lowest BCUT2D eigenvalue weighted by atomic mass is 10.1. The molecule has 0 saturated heterocycles. The molecule has 0 aliphatic rings. The lowest BCUT2D eigenvalue weighted by molar-refractivity contribution is 0.414. The Morgan fingerprint density at radius 3 is 2.86 bits per heavy atom. The monoisotopic (exact) mass is 298 g/mol. The maximum atomic E-state index is 5.44. The van der Waals surface area contributed by atoms with Crippen LogP contribution in [0, 0.1) is 11.7 Å². The molecular weight excluding hydrogens is 280 g/mol. The van der Waals surface area contributed by atoms with Crippen molar-refractivity contribution < 1.29 is 4.74 Å². The van der Waals surface area contributed by atoms with Gasteiger partial charge in [-0.1, -0.05) is 18.2 Å². The third-order valence-electron chi connectivity index (χ3n) is 3.69. The van der Waals surface area contributed by atoms with Gasteiger partial charge in [0.2, 0.25) is 0 Å². The number of ether oxygens (including phenoxy) is 1. The standard InChI is InChI=1S/C17H18N2OS/c1-12-6-7-16-15(10-12)18-17(21)19(16)9-8-13-4-3-5-14(11-13)20-2/h3-7,10-11H,8-9H2,1-2H3,(H,18,21). The maximum absolute atomic E-state index is 5.44. The number of hydrogen-bond donors (Lipinski definition) is 1. The first-order valence-electron chi connectivity index (χ1n) is 6.99. The van der Waals surface area contributed by atoms with Crippen LogP contribution < -0.4 is 4.74 Å². The number of imidazole rings is 1. The summed E-state index contributed by atoms with van der Waals surface area (Å²) in [5.74, 6) is 0.894. The molecule has 2 aromatic carbocycles. The van der Waals surface area contributed by atoms with E-state index < -0.39 is 0 Å². The van der Waals surface area contributed by atoms with Crippen LogP contribution in [0.3, 0.4) is 0 Å². The van der Waals surface area contributed by atoms with Crippen molar-refractivity contribution in [2.24, 2.45) is 0 Å². The average Bonchev–Trinajstić information content (AvgIpc) is 2.80. The highest BCUT2D eigenvalue weighted by atomic mass is 32.1. The van der Waals surface area contributed by atoms with E-state index in [2.05, 4.69) is 46.8 Å². The van der Waals surface area contributed by atoms with Gasteiger partial charge in [0, 0.05) is 6.54 Å². The van der Waals surface area contributed by atoms with Crippen molar-refractivity contribution in [1.82, 2.24) is 9.55 Å². The van der Waals surface area contributed by atoms with Crippen LogP contribution in [0.5, 0.6) is 5.75 Å². The summed E-state index contributed by atoms with van der Waals surface area (Å²) >= 11 is 5.44. The Morgan fingerprint density at radius 1 is 1.19 bits per heavy atom. The number of H-pyrrole nitrogens is 1. The van der Waals surface area contributed by atoms with Crippen LogP contribution in [0.25, 0.3) is 11.0 Å². The predicted octanol–water partition coefficient (Wildman–Crippen LogP) is 4.26. The molecule has 0 unspecified atom stereocenters. The molecule has 0 bridgehead atoms. The highest BCUT2D eigenvalue weighted by Crippen LogP contribution is 2.18. The Kier molecular flexibility index (Phi) is 3.80. The summed E-state index contributed by atoms with van der Waals surface area (Å²) < 4.78 is 8.20. The number of nitrogens with zero attached hydrogens (tertiary/aromatic N) is 1. The molecular formula is C17H18N2OS. The zero-order valence-electron chi connectivity index (χ0n) is 12.2. The number of aryl methyl sites for hydroxylation is 3. The number of nitrogens with one attached hydrogen (secondary N) is 1. The third kappa shape index (κ3) is 2.85. The van der Waals surface area contributed by atoms with E-state index in [9.17, 15) is 0 Å². The van der Waals surface area contributed by atoms with E-state index >= 15 is 0 Å². The van der Waals surface area contributed by atoms with Gasteiger partial charge in [-0.25, -0.2) is 0 Å². The largest absolute Gasteiger partial charge is 0.497 e. The number of fused-ring (bicyclic) bond motifs is 1. The minimum Gasteiger partial charge on any atom is -0.497 e. The van der Waals surface area contributed by atoms with Crippen molar-refractivity contribution in [2.75, 3.05) is 7.11 Å². The summed E-state index contributed by atoms with van der Waals surface area (Å²) in [6, 6.07) is 14.5. The molecule has 3 aromatic rings. The Hall–Kier alpha value is -2.07. The first-order chi connectivity index (χ1) is 10.2. The smallest absolute Gasteiger partial charge is 0.178 e. The summed E-state index contributed by atoms with van der Waals surface area (Å²) in [6.07, 6.45) is 0.923. The van der Waals surface area contributed by atoms with Crippen LogP contribution in [-0.2, 0) is 13.0 Å². The Labute approximate surface area is 129 Å². The van der Waals surface area contributed by atoms with Gasteiger partial charge >= 0.3 is 0 Å². The number of benzene rings is 2. The minimum atomic E-state index is 0.776. The quantitative estimate of drug-likeness (QED) is 0.729. The van der Waals surface area contributed by atoms with Crippen molar-refractivity contribution in [3.63, 3.8) is 0 Å². The molecule has 3 nitrogen and oxygen atoms in total. The number of aromatic amines is 1. The molecule has 1 heterocycles. The molecule has 108 valence electrons. The molecule has 0 spiro atoms. The predicted molar refractivity (Wildman–Crippen MR) is 88.6 cm³/mol. The van der Waals surface area contributed by atoms with Crippen molar-refractivity contribution in [1.29, 1.82) is 0 Å². The zero-order valence-corrected chi connectivity index (χ0v) is 13.0. The maximum Gasteiger partial charge on any atom is 0.178 e. The summed E-state index contributed by atoms with van der Waals surface area (Å²) in [4.78, 5) is 3.28. The summed E-state index contributed by atoms with van der Waals surface area (Å²) in [7, 11) is 1.69. The molecule has 21 heavy (non-hydrogen) atoms. The number of methoxy groups -OCH3 is 1. The van der Waals surface area contributed by atoms with Crippen LogP contribution >= 0.6 is 12.2 Å². The molecule has 3 rings (SSSR count). The average molecular weight is 298 g/mol. The normalized spacial score (nSPS) is 11.0. The molecule has 0 aliphatic heterocycles. The number of hydrogen-bond acceptors (Lipinski definition) is 2. The van der Waals surface area contributed by atoms with Gasteiger partial charge in [0.25, 0.3) is 0 Å². The summed E-state index contributed by atoms with van der Waals surface area (Å²) in [5, 5.41) is 0. The lowest BCUT2D eigenvalue weighted by Gasteiger charge is -2.07. The number of aromatic nitrogens is 2. The molecule has 1 N–H and O–H groups in total. The zero-order chi connectivity index (χ0) is 14.8. The Bertz CT molecular complexity index is 832. The van der Waals surface area contributed by atoms with Crippen LogP contribution in [-0.4, -0.2) is 16.7 Å². The Morgan fingerprint density at radius 2 is 2.05 bits per heavy atom. The second-order valence-electron chi connectivity index (χ2n) is 5.20. The molecule has 0 atom stereocenters. The van der Waals surface area contributed by atoms with E-state index in [0.717, 1.165) is 34.5 Å². The summed E-state index contributed by atoms with van der Waals surface area (Å²) in [6.45, 7) is 2.94. The first-order valence-corrected chi connectivity index (χ1v) is 7.40. The van der Waals surface area contributed by atoms with E-state index in [4.69, 9.17) is 17.0 Å². The van der Waals surface area contributed by atoms with E-state index in [1.165, 1.54) is 11.1 Å². The van der Waals surface area contributed by atoms with Gasteiger partial charge in [-0.05, 0) is 61.0 Å². The van der Waals surface area contributed by atoms with Crippen LogP contribution in [0.15, 0.2) is 42.5 Å². The van der Waals surface area contributed by atoms with Crippen molar-refractivity contribution in [2.45, 2.75) is 19.9 Å². The molecule has 1 aromatic heterocycles. The second kappa shape index (κ2) is 5.74. The topological polar surface area (TPSA) is 29.9 Å². The van der Waals surface area contributed by atoms with Crippen molar-refractivity contribution in [3.05, 3.63) is 58.4 Å². The van der Waals surface area contributed by atoms with Gasteiger partial charge in [0.1, 0.15) is 5.75 Å². The highest BCUT2D eigenvalue weighted by molar-refractivity contribution is 7.71.